The van der Waals surface area contributed by atoms with Gasteiger partial charge in [0, 0.05) is 12.4 Å². The van der Waals surface area contributed by atoms with Crippen molar-refractivity contribution >= 4 is 34.8 Å². The van der Waals surface area contributed by atoms with Gasteiger partial charge in [-0.1, -0.05) is 11.6 Å². The number of pyridine rings is 1. The molecule has 3 rings (SSSR count). The smallest absolute Gasteiger partial charge is 0.338 e. The summed E-state index contributed by atoms with van der Waals surface area (Å²) in [6, 6.07) is 9.00. The van der Waals surface area contributed by atoms with Crippen LogP contribution in [0.3, 0.4) is 0 Å². The number of alkyl halides is 3. The highest BCUT2D eigenvalue weighted by atomic mass is 35.5. The predicted octanol–water partition coefficient (Wildman–Crippen LogP) is 4.54. The molecular weight excluding hydrogens is 383 g/mol. The minimum absolute atomic E-state index is 0.0351. The van der Waals surface area contributed by atoms with Crippen molar-refractivity contribution in [1.29, 1.82) is 0 Å². The second-order valence-electron chi connectivity index (χ2n) is 5.32. The number of aromatic nitrogens is 3. The highest BCUT2D eigenvalue weighted by Gasteiger charge is 2.31. The van der Waals surface area contributed by atoms with Gasteiger partial charge in [0.1, 0.15) is 0 Å². The number of nitrogens with one attached hydrogen (secondary N) is 2. The van der Waals surface area contributed by atoms with Crippen molar-refractivity contribution in [2.24, 2.45) is 0 Å². The van der Waals surface area contributed by atoms with Crippen molar-refractivity contribution in [3.63, 3.8) is 0 Å². The van der Waals surface area contributed by atoms with E-state index in [0.29, 0.717) is 5.56 Å². The van der Waals surface area contributed by atoms with E-state index in [1.54, 1.807) is 12.1 Å². The molecule has 0 bridgehead atoms. The van der Waals surface area contributed by atoms with Crippen LogP contribution in [0.5, 0.6) is 0 Å². The highest BCUT2D eigenvalue weighted by molar-refractivity contribution is 6.33. The maximum Gasteiger partial charge on any atom is 0.416 e. The second-order valence-corrected chi connectivity index (χ2v) is 5.72. The largest absolute Gasteiger partial charge is 0.416 e. The Morgan fingerprint density at radius 3 is 2.41 bits per heavy atom. The minimum Gasteiger partial charge on any atom is -0.338 e. The molecule has 2 N–H and O–H groups in total. The van der Waals surface area contributed by atoms with E-state index in [0.717, 1.165) is 18.2 Å². The van der Waals surface area contributed by atoms with Crippen LogP contribution in [-0.4, -0.2) is 21.1 Å². The Labute approximate surface area is 156 Å². The van der Waals surface area contributed by atoms with Crippen molar-refractivity contribution in [3.05, 3.63) is 71.0 Å². The molecule has 10 heteroatoms. The maximum atomic E-state index is 12.8. The summed E-state index contributed by atoms with van der Waals surface area (Å²) in [4.78, 5) is 15.8. The summed E-state index contributed by atoms with van der Waals surface area (Å²) in [5.74, 6) is -0.0841. The van der Waals surface area contributed by atoms with Crippen molar-refractivity contribution in [3.8, 4) is 0 Å². The van der Waals surface area contributed by atoms with Gasteiger partial charge in [-0.15, -0.1) is 10.2 Å². The van der Waals surface area contributed by atoms with Crippen LogP contribution >= 0.6 is 11.6 Å². The first-order valence-corrected chi connectivity index (χ1v) is 7.89. The third kappa shape index (κ3) is 4.70. The molecule has 0 spiro atoms. The second kappa shape index (κ2) is 7.58. The summed E-state index contributed by atoms with van der Waals surface area (Å²) < 4.78 is 38.4. The van der Waals surface area contributed by atoms with E-state index in [2.05, 4.69) is 25.8 Å². The van der Waals surface area contributed by atoms with E-state index < -0.39 is 17.6 Å². The van der Waals surface area contributed by atoms with Gasteiger partial charge in [0.15, 0.2) is 11.6 Å². The van der Waals surface area contributed by atoms with Crippen molar-refractivity contribution in [2.75, 3.05) is 10.6 Å². The fraction of sp³-hybridized carbons (Fsp3) is 0.0588. The molecule has 0 unspecified atom stereocenters. The molecule has 0 saturated heterocycles. The molecule has 0 aliphatic rings. The fourth-order valence-electron chi connectivity index (χ4n) is 2.09. The monoisotopic (exact) mass is 393 g/mol. The number of carbonyl (C=O) groups excluding carboxylic acids is 1. The van der Waals surface area contributed by atoms with Gasteiger partial charge < -0.3 is 10.6 Å². The van der Waals surface area contributed by atoms with E-state index in [1.807, 2.05) is 0 Å². The van der Waals surface area contributed by atoms with E-state index in [9.17, 15) is 18.0 Å². The molecule has 0 saturated carbocycles. The molecule has 3 aromatic rings. The zero-order valence-corrected chi connectivity index (χ0v) is 14.2. The first-order valence-electron chi connectivity index (χ1n) is 7.52. The summed E-state index contributed by atoms with van der Waals surface area (Å²) in [6.45, 7) is 0. The van der Waals surface area contributed by atoms with Crippen LogP contribution in [0.15, 0.2) is 54.9 Å². The number of hydrogen-bond donors (Lipinski definition) is 2. The molecule has 1 aromatic carbocycles. The zero-order chi connectivity index (χ0) is 19.4. The summed E-state index contributed by atoms with van der Waals surface area (Å²) in [5, 5.41) is 12.9. The van der Waals surface area contributed by atoms with E-state index in [4.69, 9.17) is 11.6 Å². The van der Waals surface area contributed by atoms with Crippen LogP contribution in [0.25, 0.3) is 0 Å². The lowest BCUT2D eigenvalue weighted by atomic mass is 10.2. The lowest BCUT2D eigenvalue weighted by molar-refractivity contribution is -0.137. The van der Waals surface area contributed by atoms with E-state index in [-0.39, 0.29) is 22.3 Å². The molecule has 0 fully saturated rings. The molecule has 0 aliphatic carbocycles. The molecule has 1 amide bonds. The Balaban J connectivity index is 1.72. The standard InChI is InChI=1S/C17H11ClF3N5O/c18-12-4-3-11(17(19,20)21)8-13(12)23-14-5-6-15(26-25-14)24-16(27)10-2-1-7-22-9-10/h1-9H,(H,23,25)(H,24,26,27). The van der Waals surface area contributed by atoms with Crippen LogP contribution in [-0.2, 0) is 6.18 Å². The minimum atomic E-state index is -4.49. The Kier molecular flexibility index (Phi) is 5.22. The van der Waals surface area contributed by atoms with E-state index >= 15 is 0 Å². The summed E-state index contributed by atoms with van der Waals surface area (Å²) in [6.07, 6.45) is -1.56. The lowest BCUT2D eigenvalue weighted by Gasteiger charge is -2.12. The van der Waals surface area contributed by atoms with Crippen LogP contribution in [0.2, 0.25) is 5.02 Å². The van der Waals surface area contributed by atoms with Gasteiger partial charge in [-0.2, -0.15) is 13.2 Å². The number of carbonyl (C=O) groups is 1. The quantitative estimate of drug-likeness (QED) is 0.680. The van der Waals surface area contributed by atoms with Gasteiger partial charge in [0.05, 0.1) is 21.8 Å². The van der Waals surface area contributed by atoms with E-state index in [1.165, 1.54) is 24.5 Å². The van der Waals surface area contributed by atoms with Crippen LogP contribution < -0.4 is 10.6 Å². The molecule has 0 aliphatic heterocycles. The Hall–Kier alpha value is -3.20. The van der Waals surface area contributed by atoms with Gasteiger partial charge in [-0.05, 0) is 42.5 Å². The molecule has 27 heavy (non-hydrogen) atoms. The average molecular weight is 394 g/mol. The molecule has 2 heterocycles. The van der Waals surface area contributed by atoms with Crippen LogP contribution in [0.1, 0.15) is 15.9 Å². The van der Waals surface area contributed by atoms with Gasteiger partial charge in [0.25, 0.3) is 5.91 Å². The van der Waals surface area contributed by atoms with Gasteiger partial charge >= 0.3 is 6.18 Å². The Morgan fingerprint density at radius 1 is 1.04 bits per heavy atom. The van der Waals surface area contributed by atoms with Crippen molar-refractivity contribution < 1.29 is 18.0 Å². The third-order valence-electron chi connectivity index (χ3n) is 3.39. The third-order valence-corrected chi connectivity index (χ3v) is 3.72. The number of nitrogens with zero attached hydrogens (tertiary/aromatic N) is 3. The molecule has 6 nitrogen and oxygen atoms in total. The predicted molar refractivity (Wildman–Crippen MR) is 94.0 cm³/mol. The summed E-state index contributed by atoms with van der Waals surface area (Å²) in [5.41, 5.74) is -0.465. The van der Waals surface area contributed by atoms with Gasteiger partial charge in [0.2, 0.25) is 0 Å². The van der Waals surface area contributed by atoms with Gasteiger partial charge in [-0.3, -0.25) is 9.78 Å². The fourth-order valence-corrected chi connectivity index (χ4v) is 2.25. The van der Waals surface area contributed by atoms with Crippen molar-refractivity contribution in [1.82, 2.24) is 15.2 Å². The topological polar surface area (TPSA) is 79.8 Å². The summed E-state index contributed by atoms with van der Waals surface area (Å²) >= 11 is 5.92. The Bertz CT molecular complexity index is 949. The number of rotatable bonds is 4. The van der Waals surface area contributed by atoms with Crippen LogP contribution in [0, 0.1) is 0 Å². The Morgan fingerprint density at radius 2 is 1.78 bits per heavy atom. The number of hydrogen-bond acceptors (Lipinski definition) is 5. The molecule has 138 valence electrons. The number of halogens is 4. The SMILES string of the molecule is O=C(Nc1ccc(Nc2cc(C(F)(F)F)ccc2Cl)nn1)c1cccnc1. The molecule has 0 atom stereocenters. The zero-order valence-electron chi connectivity index (χ0n) is 13.5. The normalized spacial score (nSPS) is 11.1. The number of benzene rings is 1. The van der Waals surface area contributed by atoms with Crippen LogP contribution in [0.4, 0.5) is 30.5 Å². The summed E-state index contributed by atoms with van der Waals surface area (Å²) in [7, 11) is 0. The molecular formula is C17H11ClF3N5O. The number of amides is 1. The maximum absolute atomic E-state index is 12.8. The first kappa shape index (κ1) is 18.6. The molecule has 0 radical (unpaired) electrons. The number of anilines is 3. The van der Waals surface area contributed by atoms with Gasteiger partial charge in [-0.25, -0.2) is 0 Å². The lowest BCUT2D eigenvalue weighted by Crippen LogP contribution is -2.13. The van der Waals surface area contributed by atoms with Crippen molar-refractivity contribution in [2.45, 2.75) is 6.18 Å². The molecule has 2 aromatic heterocycles. The highest BCUT2D eigenvalue weighted by Crippen LogP contribution is 2.34. The first-order chi connectivity index (χ1) is 12.8. The average Bonchev–Trinajstić information content (AvgIpc) is 2.65.